The van der Waals surface area contributed by atoms with Crippen molar-refractivity contribution in [2.75, 3.05) is 6.61 Å². The first kappa shape index (κ1) is 18.3. The average molecular weight is 395 g/mol. The zero-order valence-corrected chi connectivity index (χ0v) is 16.3. The molecule has 1 aliphatic carbocycles. The second-order valence-corrected chi connectivity index (χ2v) is 7.45. The lowest BCUT2D eigenvalue weighted by Gasteiger charge is -2.10. The highest BCUT2D eigenvalue weighted by Crippen LogP contribution is 2.39. The van der Waals surface area contributed by atoms with E-state index >= 15 is 0 Å². The fraction of sp³-hybridized carbons (Fsp3) is 0.238. The summed E-state index contributed by atoms with van der Waals surface area (Å²) in [6.45, 7) is 2.53. The van der Waals surface area contributed by atoms with Crippen molar-refractivity contribution in [1.29, 1.82) is 0 Å². The second kappa shape index (κ2) is 7.52. The Morgan fingerprint density at radius 2 is 2.11 bits per heavy atom. The first-order valence-electron chi connectivity index (χ1n) is 9.18. The van der Waals surface area contributed by atoms with Gasteiger partial charge in [-0.05, 0) is 50.1 Å². The summed E-state index contributed by atoms with van der Waals surface area (Å²) in [6, 6.07) is 13.0. The third-order valence-electron chi connectivity index (χ3n) is 4.59. The molecule has 7 heteroatoms. The Balaban J connectivity index is 1.84. The van der Waals surface area contributed by atoms with Gasteiger partial charge in [0.2, 0.25) is 0 Å². The van der Waals surface area contributed by atoms with Crippen LogP contribution >= 0.6 is 11.3 Å². The Kier molecular flexibility index (Phi) is 4.92. The van der Waals surface area contributed by atoms with Crippen LogP contribution in [-0.2, 0) is 0 Å². The molecular formula is C21H21N3O3S. The van der Waals surface area contributed by atoms with E-state index in [9.17, 15) is 9.90 Å². The molecule has 1 fully saturated rings. The van der Waals surface area contributed by atoms with Crippen LogP contribution in [0.5, 0.6) is 11.5 Å². The van der Waals surface area contributed by atoms with Gasteiger partial charge in [0, 0.05) is 17.0 Å². The number of rotatable bonds is 6. The van der Waals surface area contributed by atoms with Crippen molar-refractivity contribution in [3.8, 4) is 22.8 Å². The minimum atomic E-state index is -0.650. The lowest BCUT2D eigenvalue weighted by Crippen LogP contribution is -2.15. The molecule has 0 saturated heterocycles. The SMILES string of the molecule is CCOc1ccccc1N=c1scc(-c2ccc(O)c(C(N)=O)c2)n1C1CC1. The van der Waals surface area contributed by atoms with Crippen LogP contribution < -0.4 is 15.3 Å². The van der Waals surface area contributed by atoms with Gasteiger partial charge in [0.15, 0.2) is 4.80 Å². The molecule has 2 aromatic carbocycles. The van der Waals surface area contributed by atoms with Crippen LogP contribution in [0.3, 0.4) is 0 Å². The molecular weight excluding hydrogens is 374 g/mol. The summed E-state index contributed by atoms with van der Waals surface area (Å²) in [7, 11) is 0. The van der Waals surface area contributed by atoms with E-state index in [1.165, 1.54) is 6.07 Å². The van der Waals surface area contributed by atoms with Crippen molar-refractivity contribution in [2.24, 2.45) is 10.7 Å². The Hall–Kier alpha value is -3.06. The Labute approximate surface area is 166 Å². The lowest BCUT2D eigenvalue weighted by molar-refractivity contribution is 0.0998. The molecule has 0 aliphatic heterocycles. The molecule has 3 aromatic rings. The largest absolute Gasteiger partial charge is 0.507 e. The van der Waals surface area contributed by atoms with E-state index in [0.29, 0.717) is 12.6 Å². The van der Waals surface area contributed by atoms with Crippen molar-refractivity contribution in [1.82, 2.24) is 4.57 Å². The van der Waals surface area contributed by atoms with Crippen molar-refractivity contribution in [3.63, 3.8) is 0 Å². The van der Waals surface area contributed by atoms with Crippen LogP contribution in [-0.4, -0.2) is 22.2 Å². The fourth-order valence-electron chi connectivity index (χ4n) is 3.12. The van der Waals surface area contributed by atoms with Gasteiger partial charge in [-0.3, -0.25) is 4.79 Å². The summed E-state index contributed by atoms with van der Waals surface area (Å²) >= 11 is 1.54. The number of nitrogens with two attached hydrogens (primary N) is 1. The van der Waals surface area contributed by atoms with Crippen molar-refractivity contribution < 1.29 is 14.6 Å². The number of ether oxygens (including phenoxy) is 1. The number of hydrogen-bond acceptors (Lipinski definition) is 5. The Bertz CT molecular complexity index is 1100. The molecule has 6 nitrogen and oxygen atoms in total. The number of hydrogen-bond donors (Lipinski definition) is 2. The highest BCUT2D eigenvalue weighted by molar-refractivity contribution is 7.07. The maximum absolute atomic E-state index is 11.6. The highest BCUT2D eigenvalue weighted by atomic mass is 32.1. The van der Waals surface area contributed by atoms with E-state index in [4.69, 9.17) is 15.5 Å². The van der Waals surface area contributed by atoms with E-state index in [1.54, 1.807) is 23.5 Å². The van der Waals surface area contributed by atoms with Crippen molar-refractivity contribution >= 4 is 22.9 Å². The average Bonchev–Trinajstić information content (AvgIpc) is 3.44. The number of para-hydroxylation sites is 2. The highest BCUT2D eigenvalue weighted by Gasteiger charge is 2.28. The molecule has 4 rings (SSSR count). The first-order chi connectivity index (χ1) is 13.6. The standard InChI is InChI=1S/C21H21N3O3S/c1-2-27-19-6-4-3-5-16(19)23-21-24(14-8-9-14)17(12-28-21)13-7-10-18(25)15(11-13)20(22)26/h3-7,10-12,14,25H,2,8-9H2,1H3,(H2,22,26). The molecule has 0 atom stereocenters. The van der Waals surface area contributed by atoms with Gasteiger partial charge in [-0.25, -0.2) is 4.99 Å². The van der Waals surface area contributed by atoms with Crippen molar-refractivity contribution in [2.45, 2.75) is 25.8 Å². The number of thiazole rings is 1. The minimum absolute atomic E-state index is 0.111. The third-order valence-corrected chi connectivity index (χ3v) is 5.43. The Morgan fingerprint density at radius 3 is 2.82 bits per heavy atom. The smallest absolute Gasteiger partial charge is 0.252 e. The van der Waals surface area contributed by atoms with Gasteiger partial charge in [-0.2, -0.15) is 0 Å². The number of carbonyl (C=O) groups is 1. The van der Waals surface area contributed by atoms with E-state index in [-0.39, 0.29) is 11.3 Å². The normalized spacial score (nSPS) is 14.2. The van der Waals surface area contributed by atoms with Crippen LogP contribution in [0.2, 0.25) is 0 Å². The summed E-state index contributed by atoms with van der Waals surface area (Å²) in [5.41, 5.74) is 8.08. The number of benzene rings is 2. The summed E-state index contributed by atoms with van der Waals surface area (Å²) in [5.74, 6) is -0.00828. The predicted octanol–water partition coefficient (Wildman–Crippen LogP) is 3.99. The molecule has 1 aromatic heterocycles. The van der Waals surface area contributed by atoms with Crippen LogP contribution in [0.15, 0.2) is 52.8 Å². The molecule has 0 unspecified atom stereocenters. The second-order valence-electron chi connectivity index (χ2n) is 6.61. The van der Waals surface area contributed by atoms with Gasteiger partial charge in [0.1, 0.15) is 17.2 Å². The van der Waals surface area contributed by atoms with Crippen LogP contribution in [0.1, 0.15) is 36.2 Å². The summed E-state index contributed by atoms with van der Waals surface area (Å²) < 4.78 is 7.89. The van der Waals surface area contributed by atoms with E-state index in [1.807, 2.05) is 36.6 Å². The molecule has 1 amide bonds. The summed E-state index contributed by atoms with van der Waals surface area (Å²) in [6.07, 6.45) is 2.18. The lowest BCUT2D eigenvalue weighted by atomic mass is 10.1. The Morgan fingerprint density at radius 1 is 1.32 bits per heavy atom. The van der Waals surface area contributed by atoms with Crippen molar-refractivity contribution in [3.05, 3.63) is 58.2 Å². The molecule has 1 aliphatic rings. The maximum Gasteiger partial charge on any atom is 0.252 e. The molecule has 28 heavy (non-hydrogen) atoms. The zero-order chi connectivity index (χ0) is 19.7. The summed E-state index contributed by atoms with van der Waals surface area (Å²) in [4.78, 5) is 17.3. The molecule has 1 saturated carbocycles. The van der Waals surface area contributed by atoms with E-state index in [2.05, 4.69) is 4.57 Å². The van der Waals surface area contributed by atoms with Crippen LogP contribution in [0, 0.1) is 0 Å². The number of amides is 1. The van der Waals surface area contributed by atoms with Gasteiger partial charge in [-0.15, -0.1) is 11.3 Å². The molecule has 0 radical (unpaired) electrons. The molecule has 144 valence electrons. The van der Waals surface area contributed by atoms with E-state index < -0.39 is 5.91 Å². The molecule has 0 spiro atoms. The van der Waals surface area contributed by atoms with E-state index in [0.717, 1.165) is 40.3 Å². The van der Waals surface area contributed by atoms with Gasteiger partial charge < -0.3 is 20.1 Å². The van der Waals surface area contributed by atoms with Gasteiger partial charge in [0.25, 0.3) is 5.91 Å². The van der Waals surface area contributed by atoms with Crippen LogP contribution in [0.25, 0.3) is 11.3 Å². The van der Waals surface area contributed by atoms with Gasteiger partial charge >= 0.3 is 0 Å². The third kappa shape index (κ3) is 3.53. The fourth-order valence-corrected chi connectivity index (χ4v) is 4.10. The number of carbonyl (C=O) groups excluding carboxylic acids is 1. The predicted molar refractivity (Wildman–Crippen MR) is 109 cm³/mol. The van der Waals surface area contributed by atoms with Gasteiger partial charge in [-0.1, -0.05) is 12.1 Å². The minimum Gasteiger partial charge on any atom is -0.507 e. The maximum atomic E-state index is 11.6. The van der Waals surface area contributed by atoms with Crippen LogP contribution in [0.4, 0.5) is 5.69 Å². The number of phenols is 1. The number of aromatic hydroxyl groups is 1. The number of primary amides is 1. The molecule has 1 heterocycles. The molecule has 0 bridgehead atoms. The number of nitrogens with zero attached hydrogens (tertiary/aromatic N) is 2. The topological polar surface area (TPSA) is 89.8 Å². The summed E-state index contributed by atoms with van der Waals surface area (Å²) in [5, 5.41) is 11.9. The first-order valence-corrected chi connectivity index (χ1v) is 10.1. The zero-order valence-electron chi connectivity index (χ0n) is 15.5. The molecule has 3 N–H and O–H groups in total. The van der Waals surface area contributed by atoms with Gasteiger partial charge in [0.05, 0.1) is 17.9 Å². The number of aromatic nitrogens is 1. The monoisotopic (exact) mass is 395 g/mol. The quantitative estimate of drug-likeness (QED) is 0.661.